The van der Waals surface area contributed by atoms with Crippen molar-refractivity contribution in [3.8, 4) is 0 Å². The third kappa shape index (κ3) is 5.76. The molecule has 45 heavy (non-hydrogen) atoms. The van der Waals surface area contributed by atoms with Crippen LogP contribution in [0.3, 0.4) is 0 Å². The van der Waals surface area contributed by atoms with E-state index in [9.17, 15) is 29.4 Å². The number of carboxylic acids is 1. The molecule has 10 atom stereocenters. The van der Waals surface area contributed by atoms with Gasteiger partial charge in [0.05, 0.1) is 6.10 Å². The lowest BCUT2D eigenvalue weighted by Gasteiger charge is -2.63. The largest absolute Gasteiger partial charge is 0.478 e. The number of allylic oxidation sites excluding steroid dienone is 1. The van der Waals surface area contributed by atoms with Crippen LogP contribution in [0, 0.1) is 39.4 Å². The Balaban J connectivity index is 1.81. The molecule has 4 aliphatic carbocycles. The second-order valence-electron chi connectivity index (χ2n) is 15.6. The van der Waals surface area contributed by atoms with E-state index in [0.717, 1.165) is 31.3 Å². The van der Waals surface area contributed by atoms with Crippen LogP contribution in [0.1, 0.15) is 114 Å². The Morgan fingerprint density at radius 2 is 1.56 bits per heavy atom. The van der Waals surface area contributed by atoms with Crippen LogP contribution in [0.25, 0.3) is 0 Å². The monoisotopic (exact) mass is 630 g/mol. The lowest BCUT2D eigenvalue weighted by atomic mass is 9.42. The first kappa shape index (κ1) is 35.2. The zero-order valence-corrected chi connectivity index (χ0v) is 28.8. The molecule has 0 aromatic rings. The van der Waals surface area contributed by atoms with Gasteiger partial charge in [-0.25, -0.2) is 4.79 Å². The zero-order valence-electron chi connectivity index (χ0n) is 28.8. The average Bonchev–Trinajstić information content (AvgIpc) is 3.13. The van der Waals surface area contributed by atoms with Crippen molar-refractivity contribution in [3.05, 3.63) is 22.8 Å². The van der Waals surface area contributed by atoms with Crippen LogP contribution in [-0.2, 0) is 33.4 Å². The number of ether oxygens (including phenoxy) is 3. The van der Waals surface area contributed by atoms with E-state index in [-0.39, 0.29) is 58.6 Å². The van der Waals surface area contributed by atoms with E-state index >= 15 is 0 Å². The maximum absolute atomic E-state index is 12.6. The van der Waals surface area contributed by atoms with Crippen molar-refractivity contribution in [3.63, 3.8) is 0 Å². The Morgan fingerprint density at radius 1 is 0.933 bits per heavy atom. The molecule has 0 bridgehead atoms. The SMILES string of the molecule is CC(=O)OC1C[C@H]2C(C)(C)C(OC(C)=O)CC[C@]2(C)C2=C1[C@]1(C)C(O)C[C@H]([C@H](C)C(C/C=C(/C)C(=O)O)OC(C)=O)[C@@]1(C)CC2. The van der Waals surface area contributed by atoms with E-state index in [2.05, 4.69) is 34.6 Å². The van der Waals surface area contributed by atoms with Gasteiger partial charge in [-0.2, -0.15) is 0 Å². The lowest BCUT2D eigenvalue weighted by molar-refractivity contribution is -0.173. The van der Waals surface area contributed by atoms with Crippen LogP contribution in [0.4, 0.5) is 0 Å². The molecule has 0 aliphatic heterocycles. The average molecular weight is 631 g/mol. The molecule has 0 amide bonds. The smallest absolute Gasteiger partial charge is 0.330 e. The molecule has 9 nitrogen and oxygen atoms in total. The van der Waals surface area contributed by atoms with Gasteiger partial charge in [-0.3, -0.25) is 14.4 Å². The van der Waals surface area contributed by atoms with Crippen LogP contribution in [-0.4, -0.2) is 58.5 Å². The van der Waals surface area contributed by atoms with Crippen molar-refractivity contribution in [2.45, 2.75) is 139 Å². The maximum Gasteiger partial charge on any atom is 0.330 e. The number of carbonyl (C=O) groups excluding carboxylic acids is 3. The molecular weight excluding hydrogens is 576 g/mol. The van der Waals surface area contributed by atoms with Crippen LogP contribution in [0.5, 0.6) is 0 Å². The van der Waals surface area contributed by atoms with E-state index in [4.69, 9.17) is 14.2 Å². The minimum absolute atomic E-state index is 0.0471. The van der Waals surface area contributed by atoms with Gasteiger partial charge < -0.3 is 24.4 Å². The van der Waals surface area contributed by atoms with Crippen LogP contribution >= 0.6 is 0 Å². The van der Waals surface area contributed by atoms with Crippen LogP contribution in [0.15, 0.2) is 22.8 Å². The zero-order chi connectivity index (χ0) is 33.9. The fourth-order valence-electron chi connectivity index (χ4n) is 10.4. The summed E-state index contributed by atoms with van der Waals surface area (Å²) in [6.07, 6.45) is 4.04. The highest BCUT2D eigenvalue weighted by molar-refractivity contribution is 5.85. The summed E-state index contributed by atoms with van der Waals surface area (Å²) in [6.45, 7) is 18.8. The van der Waals surface area contributed by atoms with Gasteiger partial charge in [-0.1, -0.05) is 53.2 Å². The molecule has 4 rings (SSSR count). The van der Waals surface area contributed by atoms with Crippen molar-refractivity contribution in [1.82, 2.24) is 0 Å². The molecule has 0 aromatic carbocycles. The van der Waals surface area contributed by atoms with E-state index < -0.39 is 41.1 Å². The number of carboxylic acid groups (broad SMARTS) is 1. The fraction of sp³-hybridized carbons (Fsp3) is 0.778. The molecule has 252 valence electrons. The Morgan fingerprint density at radius 3 is 2.11 bits per heavy atom. The quantitative estimate of drug-likeness (QED) is 0.140. The first-order valence-corrected chi connectivity index (χ1v) is 16.6. The molecule has 2 saturated carbocycles. The summed E-state index contributed by atoms with van der Waals surface area (Å²) in [6, 6.07) is 0. The van der Waals surface area contributed by atoms with Gasteiger partial charge in [0.1, 0.15) is 18.3 Å². The second kappa shape index (κ2) is 12.2. The highest BCUT2D eigenvalue weighted by Crippen LogP contribution is 2.73. The number of hydrogen-bond acceptors (Lipinski definition) is 8. The lowest BCUT2D eigenvalue weighted by Crippen LogP contribution is -2.60. The van der Waals surface area contributed by atoms with E-state index in [1.165, 1.54) is 33.3 Å². The van der Waals surface area contributed by atoms with Crippen molar-refractivity contribution in [1.29, 1.82) is 0 Å². The number of esters is 3. The summed E-state index contributed by atoms with van der Waals surface area (Å²) < 4.78 is 17.8. The number of hydrogen-bond donors (Lipinski definition) is 2. The Hall–Kier alpha value is -2.68. The van der Waals surface area contributed by atoms with Crippen molar-refractivity contribution < 1.29 is 43.6 Å². The van der Waals surface area contributed by atoms with Gasteiger partial charge in [-0.15, -0.1) is 0 Å². The topological polar surface area (TPSA) is 136 Å². The van der Waals surface area contributed by atoms with Crippen molar-refractivity contribution >= 4 is 23.9 Å². The number of fused-ring (bicyclic) bond motifs is 4. The molecule has 0 aromatic heterocycles. The summed E-state index contributed by atoms with van der Waals surface area (Å²) >= 11 is 0. The second-order valence-corrected chi connectivity index (χ2v) is 15.6. The third-order valence-corrected chi connectivity index (χ3v) is 13.0. The number of aliphatic carboxylic acids is 1. The number of rotatable bonds is 8. The minimum atomic E-state index is -1.02. The summed E-state index contributed by atoms with van der Waals surface area (Å²) in [5.74, 6) is -2.24. The van der Waals surface area contributed by atoms with Gasteiger partial charge in [0.15, 0.2) is 0 Å². The highest BCUT2D eigenvalue weighted by atomic mass is 16.6. The van der Waals surface area contributed by atoms with Gasteiger partial charge in [-0.05, 0) is 79.6 Å². The molecule has 0 spiro atoms. The number of carbonyl (C=O) groups is 4. The van der Waals surface area contributed by atoms with Crippen LogP contribution in [0.2, 0.25) is 0 Å². The predicted octanol–water partition coefficient (Wildman–Crippen LogP) is 6.17. The predicted molar refractivity (Wildman–Crippen MR) is 168 cm³/mol. The fourth-order valence-corrected chi connectivity index (χ4v) is 10.4. The molecular formula is C36H54O9. The molecule has 9 heteroatoms. The maximum atomic E-state index is 12.6. The highest BCUT2D eigenvalue weighted by Gasteiger charge is 2.69. The molecule has 2 fully saturated rings. The van der Waals surface area contributed by atoms with Crippen molar-refractivity contribution in [2.75, 3.05) is 0 Å². The molecule has 2 N–H and O–H groups in total. The Kier molecular flexibility index (Phi) is 9.51. The molecule has 4 unspecified atom stereocenters. The Bertz CT molecular complexity index is 1290. The molecule has 0 radical (unpaired) electrons. The first-order valence-electron chi connectivity index (χ1n) is 16.6. The third-order valence-electron chi connectivity index (χ3n) is 13.0. The summed E-state index contributed by atoms with van der Waals surface area (Å²) in [7, 11) is 0. The molecule has 4 aliphatic rings. The standard InChI is InChI=1S/C36H54O9/c1-19(32(41)42)11-12-26(43-21(3)37)20(2)25-17-29(40)36(10)31-24(13-16-35(25,36)9)34(8)15-14-30(45-23(5)39)33(6,7)28(34)18-27(31)44-22(4)38/h11,20,25-30,40H,12-18H2,1-10H3,(H,41,42)/b19-11-/t20-,25+,26?,27?,28-,29?,30?,34+,35+,36-/m0/s1. The number of aliphatic hydroxyl groups is 1. The van der Waals surface area contributed by atoms with Gasteiger partial charge in [0.25, 0.3) is 0 Å². The van der Waals surface area contributed by atoms with Crippen molar-refractivity contribution in [2.24, 2.45) is 39.4 Å². The Labute approximate surface area is 268 Å². The minimum Gasteiger partial charge on any atom is -0.478 e. The normalized spacial score (nSPS) is 38.6. The molecule has 0 saturated heterocycles. The summed E-state index contributed by atoms with van der Waals surface area (Å²) in [4.78, 5) is 48.3. The van der Waals surface area contributed by atoms with E-state index in [1.54, 1.807) is 6.08 Å². The summed E-state index contributed by atoms with van der Waals surface area (Å²) in [5.41, 5.74) is 0.789. The summed E-state index contributed by atoms with van der Waals surface area (Å²) in [5, 5.41) is 21.5. The van der Waals surface area contributed by atoms with E-state index in [1.807, 2.05) is 6.92 Å². The van der Waals surface area contributed by atoms with Gasteiger partial charge in [0.2, 0.25) is 0 Å². The number of aliphatic hydroxyl groups excluding tert-OH is 1. The van der Waals surface area contributed by atoms with E-state index in [0.29, 0.717) is 12.8 Å². The van der Waals surface area contributed by atoms with Crippen LogP contribution < -0.4 is 0 Å². The molecule has 0 heterocycles. The van der Waals surface area contributed by atoms with Gasteiger partial charge in [0, 0.05) is 43.6 Å². The van der Waals surface area contributed by atoms with Gasteiger partial charge >= 0.3 is 23.9 Å². The first-order chi connectivity index (χ1) is 20.7.